The minimum atomic E-state index is -3.22. The molecular formula is C19H26ClN5O3S. The molecule has 29 heavy (non-hydrogen) atoms. The van der Waals surface area contributed by atoms with Crippen LogP contribution in [0.1, 0.15) is 25.3 Å². The van der Waals surface area contributed by atoms with Crippen molar-refractivity contribution in [2.45, 2.75) is 32.4 Å². The van der Waals surface area contributed by atoms with Crippen molar-refractivity contribution in [3.05, 3.63) is 47.2 Å². The van der Waals surface area contributed by atoms with E-state index in [-0.39, 0.29) is 12.1 Å². The molecule has 1 aromatic carbocycles. The van der Waals surface area contributed by atoms with Gasteiger partial charge in [-0.2, -0.15) is 9.40 Å². The fourth-order valence-electron chi connectivity index (χ4n) is 3.60. The molecule has 2 aromatic rings. The van der Waals surface area contributed by atoms with E-state index in [1.807, 2.05) is 25.3 Å². The quantitative estimate of drug-likeness (QED) is 0.749. The Morgan fingerprint density at radius 3 is 2.52 bits per heavy atom. The molecule has 1 aromatic heterocycles. The van der Waals surface area contributed by atoms with Gasteiger partial charge >= 0.3 is 6.03 Å². The van der Waals surface area contributed by atoms with Crippen LogP contribution in [0.5, 0.6) is 0 Å². The number of amides is 2. The van der Waals surface area contributed by atoms with Crippen LogP contribution < -0.4 is 5.32 Å². The average Bonchev–Trinajstić information content (AvgIpc) is 3.16. The zero-order valence-electron chi connectivity index (χ0n) is 16.6. The highest BCUT2D eigenvalue weighted by atomic mass is 35.5. The Hall–Kier alpha value is -2.10. The zero-order chi connectivity index (χ0) is 21.0. The Labute approximate surface area is 176 Å². The van der Waals surface area contributed by atoms with E-state index in [0.717, 1.165) is 11.3 Å². The van der Waals surface area contributed by atoms with Gasteiger partial charge in [0.15, 0.2) is 0 Å². The fourth-order valence-corrected chi connectivity index (χ4v) is 4.94. The van der Waals surface area contributed by atoms with E-state index in [1.165, 1.54) is 10.6 Å². The summed E-state index contributed by atoms with van der Waals surface area (Å²) >= 11 is 5.91. The van der Waals surface area contributed by atoms with E-state index in [2.05, 4.69) is 10.4 Å². The average molecular weight is 440 g/mol. The van der Waals surface area contributed by atoms with Gasteiger partial charge in [-0.05, 0) is 37.1 Å². The number of halogens is 1. The number of likely N-dealkylation sites (tertiary alicyclic amines) is 1. The number of rotatable bonds is 6. The highest BCUT2D eigenvalue weighted by Crippen LogP contribution is 2.19. The molecule has 0 atom stereocenters. The number of sulfonamides is 1. The first-order chi connectivity index (χ1) is 13.8. The third kappa shape index (κ3) is 5.49. The minimum Gasteiger partial charge on any atom is -0.334 e. The molecule has 1 fully saturated rings. The molecule has 8 nitrogen and oxygen atoms in total. The third-order valence-electron chi connectivity index (χ3n) is 5.07. The second-order valence-corrected chi connectivity index (χ2v) is 9.48. The summed E-state index contributed by atoms with van der Waals surface area (Å²) in [6.07, 6.45) is 6.10. The minimum absolute atomic E-state index is 0.0448. The third-order valence-corrected chi connectivity index (χ3v) is 6.73. The maximum atomic E-state index is 12.5. The molecule has 1 aliphatic rings. The molecule has 0 unspecified atom stereocenters. The van der Waals surface area contributed by atoms with Crippen LogP contribution in [-0.4, -0.2) is 65.4 Å². The first-order valence-electron chi connectivity index (χ1n) is 9.57. The van der Waals surface area contributed by atoms with Crippen LogP contribution in [0.15, 0.2) is 36.7 Å². The van der Waals surface area contributed by atoms with E-state index in [4.69, 9.17) is 11.6 Å². The van der Waals surface area contributed by atoms with Crippen LogP contribution >= 0.6 is 11.6 Å². The number of benzene rings is 1. The van der Waals surface area contributed by atoms with Gasteiger partial charge < -0.3 is 10.2 Å². The standard InChI is InChI=1S/C19H26ClN5O3S/c1-3-25(29(2,27)28)18-8-10-23(11-9-18)19(26)21-12-15-13-22-24(14-15)17-6-4-16(20)5-7-17/h4-7,13-14,18H,3,8-12H2,1-2H3,(H,21,26). The number of hydrogen-bond donors (Lipinski definition) is 1. The van der Waals surface area contributed by atoms with Gasteiger partial charge in [-0.3, -0.25) is 0 Å². The van der Waals surface area contributed by atoms with Crippen LogP contribution in [0.25, 0.3) is 5.69 Å². The highest BCUT2D eigenvalue weighted by molar-refractivity contribution is 7.88. The normalized spacial score (nSPS) is 15.7. The van der Waals surface area contributed by atoms with Gasteiger partial charge in [-0.25, -0.2) is 17.9 Å². The second-order valence-electron chi connectivity index (χ2n) is 7.11. The van der Waals surface area contributed by atoms with Crippen molar-refractivity contribution in [1.82, 2.24) is 24.3 Å². The first-order valence-corrected chi connectivity index (χ1v) is 11.8. The number of piperidine rings is 1. The SMILES string of the molecule is CCN(C1CCN(C(=O)NCc2cnn(-c3ccc(Cl)cc3)c2)CC1)S(C)(=O)=O. The summed E-state index contributed by atoms with van der Waals surface area (Å²) in [6.45, 7) is 3.73. The summed E-state index contributed by atoms with van der Waals surface area (Å²) in [6, 6.07) is 7.15. The molecule has 0 radical (unpaired) electrons. The predicted octanol–water partition coefficient (Wildman–Crippen LogP) is 2.48. The van der Waals surface area contributed by atoms with Gasteiger partial charge in [0.2, 0.25) is 10.0 Å². The molecule has 10 heteroatoms. The largest absolute Gasteiger partial charge is 0.334 e. The Morgan fingerprint density at radius 2 is 1.93 bits per heavy atom. The summed E-state index contributed by atoms with van der Waals surface area (Å²) in [4.78, 5) is 14.2. The Bertz CT molecular complexity index is 937. The molecule has 0 spiro atoms. The van der Waals surface area contributed by atoms with Crippen molar-refractivity contribution in [2.75, 3.05) is 25.9 Å². The lowest BCUT2D eigenvalue weighted by atomic mass is 10.1. The van der Waals surface area contributed by atoms with Gasteiger partial charge in [-0.15, -0.1) is 0 Å². The molecule has 2 amide bonds. The summed E-state index contributed by atoms with van der Waals surface area (Å²) in [5, 5.41) is 7.89. The molecule has 3 rings (SSSR count). The highest BCUT2D eigenvalue weighted by Gasteiger charge is 2.30. The van der Waals surface area contributed by atoms with Crippen LogP contribution in [0.2, 0.25) is 5.02 Å². The molecule has 1 N–H and O–H groups in total. The van der Waals surface area contributed by atoms with Crippen molar-refractivity contribution in [3.63, 3.8) is 0 Å². The lowest BCUT2D eigenvalue weighted by molar-refractivity contribution is 0.159. The van der Waals surface area contributed by atoms with Gasteiger partial charge in [-0.1, -0.05) is 18.5 Å². The summed E-state index contributed by atoms with van der Waals surface area (Å²) in [7, 11) is -3.22. The van der Waals surface area contributed by atoms with Crippen molar-refractivity contribution in [1.29, 1.82) is 0 Å². The molecular weight excluding hydrogens is 414 g/mol. The summed E-state index contributed by atoms with van der Waals surface area (Å²) in [5.74, 6) is 0. The van der Waals surface area contributed by atoms with E-state index in [0.29, 0.717) is 44.0 Å². The second kappa shape index (κ2) is 9.15. The van der Waals surface area contributed by atoms with Gasteiger partial charge in [0.1, 0.15) is 0 Å². The van der Waals surface area contributed by atoms with Gasteiger partial charge in [0, 0.05) is 49.0 Å². The topological polar surface area (TPSA) is 87.5 Å². The molecule has 1 aliphatic heterocycles. The van der Waals surface area contributed by atoms with Crippen LogP contribution in [-0.2, 0) is 16.6 Å². The summed E-state index contributed by atoms with van der Waals surface area (Å²) < 4.78 is 27.0. The first kappa shape index (κ1) is 21.6. The van der Waals surface area contributed by atoms with Crippen LogP contribution in [0.3, 0.4) is 0 Å². The van der Waals surface area contributed by atoms with Crippen molar-refractivity contribution < 1.29 is 13.2 Å². The van der Waals surface area contributed by atoms with Crippen molar-refractivity contribution >= 4 is 27.7 Å². The lowest BCUT2D eigenvalue weighted by Gasteiger charge is -2.36. The monoisotopic (exact) mass is 439 g/mol. The molecule has 0 saturated carbocycles. The lowest BCUT2D eigenvalue weighted by Crippen LogP contribution is -2.50. The number of carbonyl (C=O) groups is 1. The molecule has 2 heterocycles. The Morgan fingerprint density at radius 1 is 1.28 bits per heavy atom. The number of urea groups is 1. The number of nitrogens with one attached hydrogen (secondary N) is 1. The maximum Gasteiger partial charge on any atom is 0.317 e. The number of aromatic nitrogens is 2. The van der Waals surface area contributed by atoms with E-state index >= 15 is 0 Å². The Kier molecular flexibility index (Phi) is 6.81. The van der Waals surface area contributed by atoms with E-state index in [1.54, 1.807) is 27.9 Å². The van der Waals surface area contributed by atoms with Gasteiger partial charge in [0.05, 0.1) is 18.1 Å². The molecule has 158 valence electrons. The zero-order valence-corrected chi connectivity index (χ0v) is 18.2. The summed E-state index contributed by atoms with van der Waals surface area (Å²) in [5.41, 5.74) is 1.78. The van der Waals surface area contributed by atoms with E-state index < -0.39 is 10.0 Å². The van der Waals surface area contributed by atoms with Crippen molar-refractivity contribution in [2.24, 2.45) is 0 Å². The molecule has 1 saturated heterocycles. The predicted molar refractivity (Wildman–Crippen MR) is 113 cm³/mol. The molecule has 0 aliphatic carbocycles. The van der Waals surface area contributed by atoms with Gasteiger partial charge in [0.25, 0.3) is 0 Å². The molecule has 0 bridgehead atoms. The number of nitrogens with zero attached hydrogens (tertiary/aromatic N) is 4. The van der Waals surface area contributed by atoms with Crippen molar-refractivity contribution in [3.8, 4) is 5.69 Å². The number of carbonyl (C=O) groups excluding carboxylic acids is 1. The maximum absolute atomic E-state index is 12.5. The smallest absolute Gasteiger partial charge is 0.317 e. The van der Waals surface area contributed by atoms with Crippen LogP contribution in [0, 0.1) is 0 Å². The fraction of sp³-hybridized carbons (Fsp3) is 0.474. The van der Waals surface area contributed by atoms with Crippen LogP contribution in [0.4, 0.5) is 4.79 Å². The Balaban J connectivity index is 1.50. The number of hydrogen-bond acceptors (Lipinski definition) is 4. The van der Waals surface area contributed by atoms with E-state index in [9.17, 15) is 13.2 Å².